The molecule has 59 heavy (non-hydrogen) atoms. The van der Waals surface area contributed by atoms with Gasteiger partial charge in [0.15, 0.2) is 0 Å². The molecule has 284 valence electrons. The molecular weight excluding hydrogens is 908 g/mol. The number of fused-ring (bicyclic) bond motifs is 4. The molecule has 0 atom stereocenters. The molecule has 0 fully saturated rings. The molecule has 11 aromatic rings. The predicted octanol–water partition coefficient (Wildman–Crippen LogP) is 13.0. The topological polar surface area (TPSA) is 50.1 Å². The van der Waals surface area contributed by atoms with E-state index in [2.05, 4.69) is 185 Å². The molecule has 0 unspecified atom stereocenters. The molecule has 0 spiro atoms. The standard InChI is InChI=1S/C52H32N4O2.Pt/c1-3-13-36(14-4-1)43-20-12-21-44(37-15-5-2-6-16-37)52(43)55-35-54(48-23-9-10-24-49(48)55)40-17-11-18-41(31-40)58-42-26-27-46-45-19-7-8-22-47(45)56(50(46)32-42)51-28-25-38(33-53-51)39-29-30-57-34-39;/h1-30,33-34H;/q-2;. The average molecular weight is 940 g/mol. The second kappa shape index (κ2) is 14.6. The summed E-state index contributed by atoms with van der Waals surface area (Å²) in [5, 5.41) is 2.18. The summed E-state index contributed by atoms with van der Waals surface area (Å²) in [5.41, 5.74) is 12.6. The van der Waals surface area contributed by atoms with Crippen LogP contribution in [0.15, 0.2) is 199 Å². The van der Waals surface area contributed by atoms with Gasteiger partial charge in [0.1, 0.15) is 0 Å². The third-order valence-corrected chi connectivity index (χ3v) is 11.8. The Kier molecular flexibility index (Phi) is 8.64. The molecule has 0 radical (unpaired) electrons. The number of imidazole rings is 1. The molecule has 0 saturated carbocycles. The van der Waals surface area contributed by atoms with E-state index in [-0.39, 0.29) is 0 Å². The van der Waals surface area contributed by atoms with Crippen molar-refractivity contribution in [3.05, 3.63) is 211 Å². The maximum absolute atomic E-state index is 6.62. The Morgan fingerprint density at radius 2 is 1.15 bits per heavy atom. The fourth-order valence-corrected chi connectivity index (χ4v) is 9.15. The number of benzene rings is 7. The second-order valence-corrected chi connectivity index (χ2v) is 15.2. The van der Waals surface area contributed by atoms with Crippen molar-refractivity contribution >= 4 is 32.8 Å². The third-order valence-electron chi connectivity index (χ3n) is 10.7. The molecule has 4 heterocycles. The summed E-state index contributed by atoms with van der Waals surface area (Å²) in [4.78, 5) is 4.89. The van der Waals surface area contributed by atoms with Crippen LogP contribution in [-0.2, 0) is 19.4 Å². The number of hydrogen-bond acceptors (Lipinski definition) is 3. The van der Waals surface area contributed by atoms with E-state index in [1.807, 2.05) is 42.6 Å². The minimum absolute atomic E-state index is 0.580. The van der Waals surface area contributed by atoms with E-state index in [4.69, 9.17) is 14.1 Å². The minimum atomic E-state index is 0.580. The van der Waals surface area contributed by atoms with Crippen LogP contribution < -0.4 is 4.74 Å². The first-order valence-electron chi connectivity index (χ1n) is 19.3. The third kappa shape index (κ3) is 6.08. The molecule has 0 amide bonds. The summed E-state index contributed by atoms with van der Waals surface area (Å²) in [7, 11) is 0. The van der Waals surface area contributed by atoms with Crippen LogP contribution in [0.25, 0.3) is 83.4 Å². The van der Waals surface area contributed by atoms with E-state index >= 15 is 0 Å². The van der Waals surface area contributed by atoms with Crippen molar-refractivity contribution in [2.24, 2.45) is 0 Å². The van der Waals surface area contributed by atoms with Gasteiger partial charge < -0.3 is 4.42 Å². The fourth-order valence-electron chi connectivity index (χ4n) is 8.07. The van der Waals surface area contributed by atoms with Crippen molar-refractivity contribution in [3.63, 3.8) is 0 Å². The summed E-state index contributed by atoms with van der Waals surface area (Å²) in [6, 6.07) is 68.1. The zero-order chi connectivity index (χ0) is 39.3. The van der Waals surface area contributed by atoms with Crippen molar-refractivity contribution < 1.29 is 28.5 Å². The molecule has 6 nitrogen and oxygen atoms in total. The first-order chi connectivity index (χ1) is 29.2. The molecule has 0 aliphatic carbocycles. The summed E-state index contributed by atoms with van der Waals surface area (Å²) >= 11 is 2.46. The molecule has 4 aromatic heterocycles. The van der Waals surface area contributed by atoms with Crippen molar-refractivity contribution in [2.45, 2.75) is 0 Å². The van der Waals surface area contributed by atoms with Crippen LogP contribution in [0.5, 0.6) is 11.5 Å². The van der Waals surface area contributed by atoms with Gasteiger partial charge in [-0.2, -0.15) is 0 Å². The van der Waals surface area contributed by atoms with E-state index in [1.165, 1.54) is 0 Å². The van der Waals surface area contributed by atoms with Gasteiger partial charge in [0.05, 0.1) is 12.5 Å². The van der Waals surface area contributed by atoms with E-state index < -0.39 is 0 Å². The molecule has 0 aliphatic rings. The zero-order valence-corrected chi connectivity index (χ0v) is 33.7. The van der Waals surface area contributed by atoms with E-state index in [9.17, 15) is 0 Å². The summed E-state index contributed by atoms with van der Waals surface area (Å²) in [5.74, 6) is 1.95. The monoisotopic (exact) mass is 939 g/mol. The molecule has 11 rings (SSSR count). The van der Waals surface area contributed by atoms with Gasteiger partial charge in [-0.1, -0.05) is 12.1 Å². The van der Waals surface area contributed by atoms with Gasteiger partial charge in [0.25, 0.3) is 0 Å². The molecule has 7 aromatic carbocycles. The summed E-state index contributed by atoms with van der Waals surface area (Å²) in [6.45, 7) is 0. The second-order valence-electron chi connectivity index (χ2n) is 14.2. The van der Waals surface area contributed by atoms with Gasteiger partial charge in [-0.15, -0.1) is 0 Å². The number of ether oxygens (including phenoxy) is 1. The Labute approximate surface area is 350 Å². The van der Waals surface area contributed by atoms with Crippen LogP contribution in [0.4, 0.5) is 0 Å². The number of rotatable bonds is 8. The van der Waals surface area contributed by atoms with Crippen molar-refractivity contribution in [2.75, 3.05) is 0 Å². The first-order valence-corrected chi connectivity index (χ1v) is 20.4. The zero-order valence-electron chi connectivity index (χ0n) is 31.4. The predicted molar refractivity (Wildman–Crippen MR) is 231 cm³/mol. The Balaban J connectivity index is 1.03. The Morgan fingerprint density at radius 1 is 0.492 bits per heavy atom. The van der Waals surface area contributed by atoms with Crippen molar-refractivity contribution in [3.8, 4) is 62.1 Å². The van der Waals surface area contributed by atoms with Crippen LogP contribution in [0, 0.1) is 15.9 Å². The number of nitrogens with zero attached hydrogens (tertiary/aromatic N) is 4. The molecule has 0 bridgehead atoms. The molecular formula is C52H32N4O2Pt-2. The van der Waals surface area contributed by atoms with Gasteiger partial charge in [-0.25, -0.2) is 0 Å². The van der Waals surface area contributed by atoms with E-state index in [0.717, 1.165) is 87.2 Å². The van der Waals surface area contributed by atoms with Gasteiger partial charge >= 0.3 is 294 Å². The van der Waals surface area contributed by atoms with Crippen molar-refractivity contribution in [1.82, 2.24) is 18.7 Å². The average Bonchev–Trinajstić information content (AvgIpc) is 4.02. The Morgan fingerprint density at radius 3 is 1.85 bits per heavy atom. The van der Waals surface area contributed by atoms with Gasteiger partial charge in [-0.05, 0) is 12.1 Å². The SMILES string of the molecule is [Pt]=[c]1n(-c2[c-]c(Oc3[c-]c4c(cc3)c3ccccc3n4-c3ccc(-c4ccoc4)cn3)ccc2)c2ccccc2n1-c1c(-c2ccccc2)cccc1-c1ccccc1. The van der Waals surface area contributed by atoms with Crippen LogP contribution in [0.2, 0.25) is 0 Å². The molecule has 0 aliphatic heterocycles. The maximum atomic E-state index is 6.62. The molecule has 0 saturated heterocycles. The quantitative estimate of drug-likeness (QED) is 0.143. The first kappa shape index (κ1) is 34.9. The molecule has 7 heteroatoms. The number of hydrogen-bond donors (Lipinski definition) is 0. The Bertz CT molecular complexity index is 3310. The van der Waals surface area contributed by atoms with Gasteiger partial charge in [0.2, 0.25) is 0 Å². The van der Waals surface area contributed by atoms with E-state index in [1.54, 1.807) is 12.5 Å². The normalized spacial score (nSPS) is 11.5. The van der Waals surface area contributed by atoms with Gasteiger partial charge in [-0.3, -0.25) is 0 Å². The van der Waals surface area contributed by atoms with Crippen LogP contribution >= 0.6 is 0 Å². The number of pyridine rings is 1. The number of aromatic nitrogens is 4. The number of furan rings is 1. The van der Waals surface area contributed by atoms with Crippen LogP contribution in [0.1, 0.15) is 0 Å². The van der Waals surface area contributed by atoms with Gasteiger partial charge in [0, 0.05) is 17.3 Å². The van der Waals surface area contributed by atoms with E-state index in [0.29, 0.717) is 11.5 Å². The summed E-state index contributed by atoms with van der Waals surface area (Å²) in [6.07, 6.45) is 5.27. The Hall–Kier alpha value is -7.27. The summed E-state index contributed by atoms with van der Waals surface area (Å²) < 4.78 is 19.7. The van der Waals surface area contributed by atoms with Crippen LogP contribution in [0.3, 0.4) is 0 Å². The van der Waals surface area contributed by atoms with Crippen LogP contribution in [-0.4, -0.2) is 18.7 Å². The fraction of sp³-hybridized carbons (Fsp3) is 0. The molecule has 0 N–H and O–H groups in total. The van der Waals surface area contributed by atoms with Crippen molar-refractivity contribution in [1.29, 1.82) is 0 Å². The number of para-hydroxylation sites is 4.